The molecule has 0 unspecified atom stereocenters. The Morgan fingerprint density at radius 1 is 1.12 bits per heavy atom. The predicted molar refractivity (Wildman–Crippen MR) is 65.3 cm³/mol. The van der Waals surface area contributed by atoms with Crippen molar-refractivity contribution in [1.82, 2.24) is 0 Å². The quantitative estimate of drug-likeness (QED) is 0.300. The first-order chi connectivity index (χ1) is 7.56. The Labute approximate surface area is 108 Å². The number of alkyl halides is 1. The van der Waals surface area contributed by atoms with Gasteiger partial charge in [0.15, 0.2) is 5.92 Å². The summed E-state index contributed by atoms with van der Waals surface area (Å²) in [5.41, 5.74) is 0. The van der Waals surface area contributed by atoms with Crippen LogP contribution in [0.1, 0.15) is 19.3 Å². The molecule has 0 radical (unpaired) electrons. The molecule has 0 rings (SSSR count). The highest BCUT2D eigenvalue weighted by Crippen LogP contribution is 2.13. The van der Waals surface area contributed by atoms with E-state index in [2.05, 4.69) is 9.47 Å². The van der Waals surface area contributed by atoms with Crippen LogP contribution in [-0.4, -0.2) is 36.4 Å². The number of Topliss-reactive ketones (excluding diaryl/α,β-unsaturated/α-hetero) is 1. The van der Waals surface area contributed by atoms with Gasteiger partial charge < -0.3 is 9.47 Å². The van der Waals surface area contributed by atoms with Crippen molar-refractivity contribution in [3.05, 3.63) is 0 Å². The summed E-state index contributed by atoms with van der Waals surface area (Å²) in [5.74, 6) is -2.05. The van der Waals surface area contributed by atoms with Crippen molar-refractivity contribution in [2.45, 2.75) is 19.3 Å². The Morgan fingerprint density at radius 2 is 1.62 bits per heavy atom. The molecular weight excluding hydrogens is 327 g/mol. The number of ketones is 1. The molecular formula is C10H15IO5. The van der Waals surface area contributed by atoms with Crippen LogP contribution in [0, 0.1) is 5.92 Å². The smallest absolute Gasteiger partial charge is 0.320 e. The van der Waals surface area contributed by atoms with Crippen LogP contribution in [0.5, 0.6) is 0 Å². The monoisotopic (exact) mass is 342 g/mol. The minimum Gasteiger partial charge on any atom is -0.468 e. The number of esters is 2. The van der Waals surface area contributed by atoms with Crippen molar-refractivity contribution < 1.29 is 23.9 Å². The Hall–Kier alpha value is -0.660. The molecule has 0 fully saturated rings. The van der Waals surface area contributed by atoms with E-state index < -0.39 is 17.9 Å². The van der Waals surface area contributed by atoms with Crippen LogP contribution >= 0.6 is 22.6 Å². The summed E-state index contributed by atoms with van der Waals surface area (Å²) in [6.45, 7) is 0. The summed E-state index contributed by atoms with van der Waals surface area (Å²) in [5, 5.41) is 0. The molecule has 0 N–H and O–H groups in total. The minimum absolute atomic E-state index is 0.106. The van der Waals surface area contributed by atoms with Crippen LogP contribution in [0.3, 0.4) is 0 Å². The molecule has 0 saturated heterocycles. The third kappa shape index (κ3) is 5.43. The first-order valence-electron chi connectivity index (χ1n) is 4.80. The van der Waals surface area contributed by atoms with Crippen molar-refractivity contribution in [3.8, 4) is 0 Å². The molecule has 0 amide bonds. The van der Waals surface area contributed by atoms with Crippen molar-refractivity contribution in [1.29, 1.82) is 0 Å². The van der Waals surface area contributed by atoms with Gasteiger partial charge >= 0.3 is 11.9 Å². The fourth-order valence-electron chi connectivity index (χ4n) is 1.19. The van der Waals surface area contributed by atoms with E-state index in [1.54, 1.807) is 0 Å². The third-order valence-corrected chi connectivity index (χ3v) is 2.92. The van der Waals surface area contributed by atoms with E-state index in [4.69, 9.17) is 0 Å². The molecule has 0 saturated carbocycles. The normalized spacial score (nSPS) is 10.0. The Bertz CT molecular complexity index is 248. The minimum atomic E-state index is -0.919. The Morgan fingerprint density at radius 3 is 2.00 bits per heavy atom. The van der Waals surface area contributed by atoms with Crippen LogP contribution in [0.25, 0.3) is 0 Å². The first-order valence-corrected chi connectivity index (χ1v) is 6.32. The van der Waals surface area contributed by atoms with E-state index in [1.165, 1.54) is 14.2 Å². The van der Waals surface area contributed by atoms with Crippen molar-refractivity contribution >= 4 is 40.3 Å². The van der Waals surface area contributed by atoms with E-state index >= 15 is 0 Å². The lowest BCUT2D eigenvalue weighted by Gasteiger charge is -2.11. The molecule has 0 aliphatic carbocycles. The maximum Gasteiger partial charge on any atom is 0.320 e. The van der Waals surface area contributed by atoms with Crippen LogP contribution < -0.4 is 0 Å². The average molecular weight is 342 g/mol. The van der Waals surface area contributed by atoms with E-state index in [0.717, 1.165) is 0 Å². The standard InChI is InChI=1S/C10H15IO5/c1-15-9(13)8(10(14)16-2)5-3-4-7(12)6-11/h8H,3-6H2,1-2H3. The molecule has 0 bridgehead atoms. The van der Waals surface area contributed by atoms with Crippen LogP contribution in [0.4, 0.5) is 0 Å². The van der Waals surface area contributed by atoms with E-state index in [-0.39, 0.29) is 12.2 Å². The highest BCUT2D eigenvalue weighted by Gasteiger charge is 2.28. The number of methoxy groups -OCH3 is 2. The molecule has 0 spiro atoms. The molecule has 0 aliphatic heterocycles. The van der Waals surface area contributed by atoms with E-state index in [1.807, 2.05) is 22.6 Å². The zero-order valence-electron chi connectivity index (χ0n) is 9.32. The fraction of sp³-hybridized carbons (Fsp3) is 0.700. The van der Waals surface area contributed by atoms with Gasteiger partial charge in [0.2, 0.25) is 0 Å². The Balaban J connectivity index is 4.18. The highest BCUT2D eigenvalue weighted by molar-refractivity contribution is 14.1. The average Bonchev–Trinajstić information content (AvgIpc) is 2.32. The predicted octanol–water partition coefficient (Wildman–Crippen LogP) is 1.12. The van der Waals surface area contributed by atoms with Gasteiger partial charge in [-0.1, -0.05) is 22.6 Å². The van der Waals surface area contributed by atoms with Crippen LogP contribution in [0.2, 0.25) is 0 Å². The maximum absolute atomic E-state index is 11.2. The molecule has 92 valence electrons. The number of halogens is 1. The number of hydrogen-bond donors (Lipinski definition) is 0. The lowest BCUT2D eigenvalue weighted by atomic mass is 10.0. The van der Waals surface area contributed by atoms with Crippen molar-refractivity contribution in [2.75, 3.05) is 18.6 Å². The molecule has 0 atom stereocenters. The zero-order valence-corrected chi connectivity index (χ0v) is 11.5. The molecule has 0 aliphatic rings. The van der Waals surface area contributed by atoms with Crippen LogP contribution in [-0.2, 0) is 23.9 Å². The second kappa shape index (κ2) is 8.49. The van der Waals surface area contributed by atoms with Gasteiger partial charge in [-0.25, -0.2) is 0 Å². The molecule has 0 aromatic rings. The number of rotatable bonds is 7. The molecule has 0 heterocycles. The Kier molecular flexibility index (Phi) is 8.14. The molecule has 6 heteroatoms. The molecule has 0 aromatic carbocycles. The largest absolute Gasteiger partial charge is 0.468 e. The number of carbonyl (C=O) groups is 3. The summed E-state index contributed by atoms with van der Waals surface area (Å²) in [6.07, 6.45) is 1.13. The summed E-state index contributed by atoms with van der Waals surface area (Å²) in [4.78, 5) is 33.5. The van der Waals surface area contributed by atoms with Gasteiger partial charge in [-0.3, -0.25) is 14.4 Å². The number of ether oxygens (including phenoxy) is 2. The summed E-state index contributed by atoms with van der Waals surface area (Å²) >= 11 is 1.98. The van der Waals surface area contributed by atoms with Gasteiger partial charge in [0.25, 0.3) is 0 Å². The number of carbonyl (C=O) groups excluding carboxylic acids is 3. The third-order valence-electron chi connectivity index (χ3n) is 2.07. The first kappa shape index (κ1) is 15.3. The van der Waals surface area contributed by atoms with Crippen molar-refractivity contribution in [3.63, 3.8) is 0 Å². The summed E-state index contributed by atoms with van der Waals surface area (Å²) < 4.78 is 9.43. The lowest BCUT2D eigenvalue weighted by molar-refractivity contribution is -0.159. The maximum atomic E-state index is 11.2. The second-order valence-corrected chi connectivity index (χ2v) is 3.93. The lowest BCUT2D eigenvalue weighted by Crippen LogP contribution is -2.26. The molecule has 16 heavy (non-hydrogen) atoms. The van der Waals surface area contributed by atoms with E-state index in [0.29, 0.717) is 17.3 Å². The topological polar surface area (TPSA) is 69.7 Å². The highest BCUT2D eigenvalue weighted by atomic mass is 127. The summed E-state index contributed by atoms with van der Waals surface area (Å²) in [7, 11) is 2.43. The molecule has 0 aromatic heterocycles. The van der Waals surface area contributed by atoms with Gasteiger partial charge in [-0.05, 0) is 12.8 Å². The van der Waals surface area contributed by atoms with Gasteiger partial charge in [0.05, 0.1) is 18.6 Å². The fourth-order valence-corrected chi connectivity index (χ4v) is 1.57. The van der Waals surface area contributed by atoms with Crippen molar-refractivity contribution in [2.24, 2.45) is 5.92 Å². The van der Waals surface area contributed by atoms with Crippen LogP contribution in [0.15, 0.2) is 0 Å². The van der Waals surface area contributed by atoms with Gasteiger partial charge in [-0.15, -0.1) is 0 Å². The summed E-state index contributed by atoms with van der Waals surface area (Å²) in [6, 6.07) is 0. The number of hydrogen-bond acceptors (Lipinski definition) is 5. The van der Waals surface area contributed by atoms with E-state index in [9.17, 15) is 14.4 Å². The zero-order chi connectivity index (χ0) is 12.6. The molecule has 5 nitrogen and oxygen atoms in total. The van der Waals surface area contributed by atoms with Gasteiger partial charge in [-0.2, -0.15) is 0 Å². The second-order valence-electron chi connectivity index (χ2n) is 3.16. The SMILES string of the molecule is COC(=O)C(CCCC(=O)CI)C(=O)OC. The van der Waals surface area contributed by atoms with Gasteiger partial charge in [0.1, 0.15) is 5.78 Å². The van der Waals surface area contributed by atoms with Gasteiger partial charge in [0, 0.05) is 6.42 Å².